The van der Waals surface area contributed by atoms with E-state index in [1.807, 2.05) is 12.1 Å². The van der Waals surface area contributed by atoms with Gasteiger partial charge in [-0.1, -0.05) is 18.2 Å². The molecule has 140 valence electrons. The minimum atomic E-state index is -1.36. The summed E-state index contributed by atoms with van der Waals surface area (Å²) in [4.78, 5) is 10.6. The summed E-state index contributed by atoms with van der Waals surface area (Å²) in [7, 11) is 0. The number of benzene rings is 1. The van der Waals surface area contributed by atoms with Crippen LogP contribution in [0.3, 0.4) is 0 Å². The van der Waals surface area contributed by atoms with Crippen molar-refractivity contribution < 1.29 is 34.7 Å². The van der Waals surface area contributed by atoms with Crippen LogP contribution in [0.1, 0.15) is 31.2 Å². The van der Waals surface area contributed by atoms with Crippen molar-refractivity contribution >= 4 is 5.97 Å². The van der Waals surface area contributed by atoms with Crippen LogP contribution in [0.4, 0.5) is 0 Å². The number of aliphatic hydroxyl groups is 2. The van der Waals surface area contributed by atoms with Gasteiger partial charge >= 0.3 is 0 Å². The lowest BCUT2D eigenvalue weighted by atomic mass is 9.89. The summed E-state index contributed by atoms with van der Waals surface area (Å²) in [5.74, 6) is -1.09. The highest BCUT2D eigenvalue weighted by molar-refractivity contribution is 5.65. The number of carboxylic acid groups (broad SMARTS) is 1. The van der Waals surface area contributed by atoms with Crippen molar-refractivity contribution in [3.63, 3.8) is 0 Å². The van der Waals surface area contributed by atoms with E-state index in [2.05, 4.69) is 0 Å². The van der Waals surface area contributed by atoms with Gasteiger partial charge in [0.05, 0.1) is 30.9 Å². The molecule has 25 heavy (non-hydrogen) atoms. The molecule has 0 heterocycles. The molecule has 0 spiro atoms. The van der Waals surface area contributed by atoms with Gasteiger partial charge in [0.15, 0.2) is 0 Å². The molecular formula is C18H25O7-. The third-order valence-corrected chi connectivity index (χ3v) is 4.32. The van der Waals surface area contributed by atoms with Crippen molar-refractivity contribution in [2.45, 2.75) is 56.5 Å². The van der Waals surface area contributed by atoms with Gasteiger partial charge in [-0.25, -0.2) is 0 Å². The average molecular weight is 353 g/mol. The van der Waals surface area contributed by atoms with E-state index in [9.17, 15) is 25.2 Å². The quantitative estimate of drug-likeness (QED) is 0.524. The summed E-state index contributed by atoms with van der Waals surface area (Å²) in [6.07, 6.45) is -0.374. The molecule has 1 aliphatic rings. The van der Waals surface area contributed by atoms with Gasteiger partial charge in [-0.05, 0) is 30.9 Å². The number of aliphatic hydroxyl groups excluding tert-OH is 2. The molecule has 1 aromatic rings. The van der Waals surface area contributed by atoms with Crippen molar-refractivity contribution in [3.05, 3.63) is 29.8 Å². The normalized spacial score (nSPS) is 26.5. The highest BCUT2D eigenvalue weighted by Gasteiger charge is 2.37. The highest BCUT2D eigenvalue weighted by Crippen LogP contribution is 2.25. The van der Waals surface area contributed by atoms with Crippen LogP contribution >= 0.6 is 0 Å². The van der Waals surface area contributed by atoms with E-state index >= 15 is 0 Å². The third kappa shape index (κ3) is 6.28. The molecule has 1 fully saturated rings. The van der Waals surface area contributed by atoms with Crippen LogP contribution in [-0.2, 0) is 20.7 Å². The minimum absolute atomic E-state index is 0.130. The number of aliphatic carboxylic acids is 1. The topological polar surface area (TPSA) is 119 Å². The second-order valence-electron chi connectivity index (χ2n) is 6.34. The van der Waals surface area contributed by atoms with E-state index in [4.69, 9.17) is 9.47 Å². The maximum atomic E-state index is 10.6. The van der Waals surface area contributed by atoms with Gasteiger partial charge in [0, 0.05) is 19.4 Å². The molecule has 2 rings (SSSR count). The summed E-state index contributed by atoms with van der Waals surface area (Å²) in [6, 6.07) is 7.16. The Hall–Kier alpha value is -1.67. The van der Waals surface area contributed by atoms with Crippen molar-refractivity contribution in [2.24, 2.45) is 0 Å². The maximum absolute atomic E-state index is 10.6. The fourth-order valence-electron chi connectivity index (χ4n) is 3.08. The van der Waals surface area contributed by atoms with Crippen molar-refractivity contribution in [3.8, 4) is 5.75 Å². The van der Waals surface area contributed by atoms with E-state index in [0.717, 1.165) is 24.8 Å². The van der Waals surface area contributed by atoms with Crippen LogP contribution in [0.25, 0.3) is 0 Å². The number of phenols is 1. The molecular weight excluding hydrogens is 328 g/mol. The van der Waals surface area contributed by atoms with Crippen LogP contribution in [0.15, 0.2) is 24.3 Å². The molecule has 0 saturated heterocycles. The van der Waals surface area contributed by atoms with Crippen LogP contribution in [0.2, 0.25) is 0 Å². The number of carboxylic acids is 1. The summed E-state index contributed by atoms with van der Waals surface area (Å²) in [6.45, 7) is -0.228. The molecule has 3 N–H and O–H groups in total. The number of hydrogen-bond acceptors (Lipinski definition) is 7. The molecule has 7 nitrogen and oxygen atoms in total. The second-order valence-corrected chi connectivity index (χ2v) is 6.34. The number of rotatable bonds is 9. The lowest BCUT2D eigenvalue weighted by Crippen LogP contribution is -2.50. The average Bonchev–Trinajstić information content (AvgIpc) is 2.55. The van der Waals surface area contributed by atoms with E-state index in [1.54, 1.807) is 12.1 Å². The Morgan fingerprint density at radius 2 is 1.92 bits per heavy atom. The molecule has 0 aromatic heterocycles. The van der Waals surface area contributed by atoms with Gasteiger partial charge in [0.1, 0.15) is 11.9 Å². The summed E-state index contributed by atoms with van der Waals surface area (Å²) >= 11 is 0. The Kier molecular flexibility index (Phi) is 7.64. The molecule has 7 heteroatoms. The number of carbonyl (C=O) groups is 1. The highest BCUT2D eigenvalue weighted by atomic mass is 16.6. The number of unbranched alkanes of at least 4 members (excludes halogenated alkanes) is 1. The van der Waals surface area contributed by atoms with Crippen LogP contribution in [0.5, 0.6) is 5.75 Å². The van der Waals surface area contributed by atoms with Crippen molar-refractivity contribution in [1.29, 1.82) is 0 Å². The Labute approximate surface area is 146 Å². The zero-order valence-corrected chi connectivity index (χ0v) is 14.0. The lowest BCUT2D eigenvalue weighted by Gasteiger charge is -2.37. The maximum Gasteiger partial charge on any atom is 0.118 e. The molecule has 1 saturated carbocycles. The standard InChI is InChI=1S/C18H26O7/c19-13-9-15(21)18(25-11-17(22)23)16(10-13)24-8-4-3-6-12-5-1-2-7-14(12)20/h1-2,5,7,13,15-16,18-21H,3-4,6,8-11H2,(H,22,23)/p-1/t13-,15-,16-,18-/m1/s1. The summed E-state index contributed by atoms with van der Waals surface area (Å²) in [5.41, 5.74) is 0.876. The SMILES string of the molecule is O=C([O-])CO[C@@H]1[C@H](O)C[C@@H](O)C[C@H]1OCCCCc1ccccc1O. The molecule has 4 atom stereocenters. The monoisotopic (exact) mass is 353 g/mol. The van der Waals surface area contributed by atoms with Crippen LogP contribution < -0.4 is 5.11 Å². The molecule has 0 radical (unpaired) electrons. The predicted octanol–water partition coefficient (Wildman–Crippen LogP) is -0.249. The van der Waals surface area contributed by atoms with Crippen LogP contribution in [0, 0.1) is 0 Å². The first-order valence-electron chi connectivity index (χ1n) is 8.53. The minimum Gasteiger partial charge on any atom is -0.548 e. The van der Waals surface area contributed by atoms with Gasteiger partial charge < -0.3 is 34.7 Å². The van der Waals surface area contributed by atoms with Gasteiger partial charge in [0.2, 0.25) is 0 Å². The Bertz CT molecular complexity index is 548. The van der Waals surface area contributed by atoms with Crippen molar-refractivity contribution in [2.75, 3.05) is 13.2 Å². The lowest BCUT2D eigenvalue weighted by molar-refractivity contribution is -0.312. The van der Waals surface area contributed by atoms with E-state index in [1.165, 1.54) is 0 Å². The summed E-state index contributed by atoms with van der Waals surface area (Å²) in [5, 5.41) is 40.0. The molecule has 0 aliphatic heterocycles. The van der Waals surface area contributed by atoms with Crippen LogP contribution in [-0.4, -0.2) is 58.9 Å². The number of carbonyl (C=O) groups excluding carboxylic acids is 1. The molecule has 0 bridgehead atoms. The molecule has 0 amide bonds. The number of para-hydroxylation sites is 1. The zero-order chi connectivity index (χ0) is 18.2. The van der Waals surface area contributed by atoms with E-state index < -0.39 is 37.0 Å². The second kappa shape index (κ2) is 9.72. The third-order valence-electron chi connectivity index (χ3n) is 4.32. The van der Waals surface area contributed by atoms with Gasteiger partial charge in [-0.3, -0.25) is 0 Å². The van der Waals surface area contributed by atoms with Gasteiger partial charge in [0.25, 0.3) is 0 Å². The Balaban J connectivity index is 1.76. The molecule has 1 aliphatic carbocycles. The first-order chi connectivity index (χ1) is 12.0. The van der Waals surface area contributed by atoms with Crippen molar-refractivity contribution in [1.82, 2.24) is 0 Å². The van der Waals surface area contributed by atoms with Gasteiger partial charge in [-0.15, -0.1) is 0 Å². The first-order valence-corrected chi connectivity index (χ1v) is 8.53. The first kappa shape index (κ1) is 19.7. The summed E-state index contributed by atoms with van der Waals surface area (Å²) < 4.78 is 10.9. The number of phenolic OH excluding ortho intramolecular Hbond substituents is 1. The Morgan fingerprint density at radius 3 is 2.64 bits per heavy atom. The predicted molar refractivity (Wildman–Crippen MR) is 86.8 cm³/mol. The molecule has 1 aromatic carbocycles. The number of aryl methyl sites for hydroxylation is 1. The fraction of sp³-hybridized carbons (Fsp3) is 0.611. The van der Waals surface area contributed by atoms with Gasteiger partial charge in [-0.2, -0.15) is 0 Å². The zero-order valence-electron chi connectivity index (χ0n) is 14.0. The smallest absolute Gasteiger partial charge is 0.118 e. The Morgan fingerprint density at radius 1 is 1.16 bits per heavy atom. The number of hydrogen-bond donors (Lipinski definition) is 3. The number of ether oxygens (including phenoxy) is 2. The number of aromatic hydroxyl groups is 1. The van der Waals surface area contributed by atoms with E-state index in [0.29, 0.717) is 6.61 Å². The molecule has 0 unspecified atom stereocenters. The fourth-order valence-corrected chi connectivity index (χ4v) is 3.08. The van der Waals surface area contributed by atoms with E-state index in [-0.39, 0.29) is 18.6 Å². The largest absolute Gasteiger partial charge is 0.548 e.